The van der Waals surface area contributed by atoms with E-state index in [0.717, 1.165) is 30.9 Å². The lowest BCUT2D eigenvalue weighted by molar-refractivity contribution is 0.361. The second kappa shape index (κ2) is 6.33. The molecule has 2 unspecified atom stereocenters. The van der Waals surface area contributed by atoms with Crippen LogP contribution in [0.3, 0.4) is 0 Å². The third kappa shape index (κ3) is 3.44. The quantitative estimate of drug-likeness (QED) is 0.884. The summed E-state index contributed by atoms with van der Waals surface area (Å²) in [5, 5.41) is 3.57. The van der Waals surface area contributed by atoms with Gasteiger partial charge in [-0.25, -0.2) is 4.79 Å². The minimum absolute atomic E-state index is 0.101. The van der Waals surface area contributed by atoms with Gasteiger partial charge in [-0.2, -0.15) is 4.98 Å². The predicted molar refractivity (Wildman–Crippen MR) is 77.4 cm³/mol. The second-order valence-electron chi connectivity index (χ2n) is 5.62. The normalized spacial score (nSPS) is 22.9. The predicted octanol–water partition coefficient (Wildman–Crippen LogP) is 2.03. The first kappa shape index (κ1) is 14.3. The zero-order chi connectivity index (χ0) is 13.8. The number of nitrogens with one attached hydrogen (secondary N) is 1. The van der Waals surface area contributed by atoms with Crippen molar-refractivity contribution in [1.82, 2.24) is 14.9 Å². The van der Waals surface area contributed by atoms with Gasteiger partial charge in [0.2, 0.25) is 0 Å². The summed E-state index contributed by atoms with van der Waals surface area (Å²) in [5.74, 6) is 0.701. The SMILES string of the molecule is CCNC1CCCC1CCn1c(C)cc(C)nc1=O. The van der Waals surface area contributed by atoms with Gasteiger partial charge in [-0.3, -0.25) is 4.57 Å². The summed E-state index contributed by atoms with van der Waals surface area (Å²) in [4.78, 5) is 15.9. The molecular weight excluding hydrogens is 238 g/mol. The highest BCUT2D eigenvalue weighted by Crippen LogP contribution is 2.28. The van der Waals surface area contributed by atoms with Crippen LogP contribution < -0.4 is 11.0 Å². The van der Waals surface area contributed by atoms with Crippen LogP contribution in [-0.2, 0) is 6.54 Å². The maximum absolute atomic E-state index is 11.9. The number of aryl methyl sites for hydroxylation is 2. The fraction of sp³-hybridized carbons (Fsp3) is 0.733. The summed E-state index contributed by atoms with van der Waals surface area (Å²) in [6, 6.07) is 2.62. The van der Waals surface area contributed by atoms with E-state index in [0.29, 0.717) is 12.0 Å². The molecule has 106 valence electrons. The third-order valence-corrected chi connectivity index (χ3v) is 4.20. The zero-order valence-corrected chi connectivity index (χ0v) is 12.3. The number of hydrogen-bond acceptors (Lipinski definition) is 3. The molecule has 1 heterocycles. The van der Waals surface area contributed by atoms with Gasteiger partial charge in [0.05, 0.1) is 0 Å². The summed E-state index contributed by atoms with van der Waals surface area (Å²) >= 11 is 0. The first-order chi connectivity index (χ1) is 9.11. The van der Waals surface area contributed by atoms with Crippen LogP contribution in [-0.4, -0.2) is 22.1 Å². The molecule has 1 N–H and O–H groups in total. The number of aromatic nitrogens is 2. The van der Waals surface area contributed by atoms with E-state index in [4.69, 9.17) is 0 Å². The van der Waals surface area contributed by atoms with E-state index in [-0.39, 0.29) is 5.69 Å². The topological polar surface area (TPSA) is 46.9 Å². The van der Waals surface area contributed by atoms with Crippen LogP contribution in [0.25, 0.3) is 0 Å². The molecule has 4 nitrogen and oxygen atoms in total. The van der Waals surface area contributed by atoms with Crippen molar-refractivity contribution in [3.63, 3.8) is 0 Å². The maximum Gasteiger partial charge on any atom is 0.347 e. The molecule has 0 radical (unpaired) electrons. The minimum Gasteiger partial charge on any atom is -0.314 e. The molecule has 1 fully saturated rings. The molecule has 0 saturated heterocycles. The monoisotopic (exact) mass is 263 g/mol. The Hall–Kier alpha value is -1.16. The van der Waals surface area contributed by atoms with Gasteiger partial charge in [0.1, 0.15) is 0 Å². The maximum atomic E-state index is 11.9. The largest absolute Gasteiger partial charge is 0.347 e. The molecule has 0 spiro atoms. The first-order valence-corrected chi connectivity index (χ1v) is 7.40. The van der Waals surface area contributed by atoms with Crippen molar-refractivity contribution < 1.29 is 0 Å². The number of nitrogens with zero attached hydrogens (tertiary/aromatic N) is 2. The molecule has 0 amide bonds. The Bertz CT molecular complexity index is 481. The average molecular weight is 263 g/mol. The van der Waals surface area contributed by atoms with Crippen LogP contribution in [0.4, 0.5) is 0 Å². The van der Waals surface area contributed by atoms with Crippen LogP contribution in [0, 0.1) is 19.8 Å². The minimum atomic E-state index is -0.101. The Balaban J connectivity index is 2.01. The highest BCUT2D eigenvalue weighted by molar-refractivity contribution is 5.06. The van der Waals surface area contributed by atoms with Crippen molar-refractivity contribution in [3.05, 3.63) is 27.9 Å². The molecule has 1 aliphatic carbocycles. The Kier molecular flexibility index (Phi) is 4.75. The van der Waals surface area contributed by atoms with Gasteiger partial charge in [-0.15, -0.1) is 0 Å². The number of hydrogen-bond donors (Lipinski definition) is 1. The number of rotatable bonds is 5. The Morgan fingerprint density at radius 2 is 2.21 bits per heavy atom. The van der Waals surface area contributed by atoms with Crippen molar-refractivity contribution >= 4 is 0 Å². The summed E-state index contributed by atoms with van der Waals surface area (Å²) in [5.41, 5.74) is 1.73. The Morgan fingerprint density at radius 1 is 1.42 bits per heavy atom. The molecule has 1 aromatic heterocycles. The van der Waals surface area contributed by atoms with E-state index in [9.17, 15) is 4.79 Å². The molecule has 0 aromatic carbocycles. The molecule has 4 heteroatoms. The highest BCUT2D eigenvalue weighted by atomic mass is 16.1. The van der Waals surface area contributed by atoms with Crippen LogP contribution in [0.5, 0.6) is 0 Å². The van der Waals surface area contributed by atoms with Crippen molar-refractivity contribution in [2.24, 2.45) is 5.92 Å². The lowest BCUT2D eigenvalue weighted by Crippen LogP contribution is -2.34. The molecule has 2 rings (SSSR count). The fourth-order valence-corrected chi connectivity index (χ4v) is 3.25. The lowest BCUT2D eigenvalue weighted by atomic mass is 9.99. The molecule has 1 saturated carbocycles. The molecular formula is C15H25N3O. The van der Waals surface area contributed by atoms with E-state index >= 15 is 0 Å². The first-order valence-electron chi connectivity index (χ1n) is 7.40. The summed E-state index contributed by atoms with van der Waals surface area (Å²) in [6.45, 7) is 7.86. The standard InChI is InChI=1S/C15H25N3O/c1-4-16-14-7-5-6-13(14)8-9-18-12(3)10-11(2)17-15(18)19/h10,13-14,16H,4-9H2,1-3H3. The molecule has 19 heavy (non-hydrogen) atoms. The summed E-state index contributed by atoms with van der Waals surface area (Å²) in [7, 11) is 0. The van der Waals surface area contributed by atoms with Crippen molar-refractivity contribution in [3.8, 4) is 0 Å². The Labute approximate surface area is 115 Å². The zero-order valence-electron chi connectivity index (χ0n) is 12.3. The Morgan fingerprint density at radius 3 is 2.89 bits per heavy atom. The van der Waals surface area contributed by atoms with E-state index in [1.165, 1.54) is 19.3 Å². The van der Waals surface area contributed by atoms with Crippen LogP contribution in [0.15, 0.2) is 10.9 Å². The van der Waals surface area contributed by atoms with Gasteiger partial charge < -0.3 is 5.32 Å². The third-order valence-electron chi connectivity index (χ3n) is 4.20. The van der Waals surface area contributed by atoms with Gasteiger partial charge in [0.15, 0.2) is 0 Å². The van der Waals surface area contributed by atoms with Crippen LogP contribution in [0.2, 0.25) is 0 Å². The lowest BCUT2D eigenvalue weighted by Gasteiger charge is -2.21. The van der Waals surface area contributed by atoms with Crippen molar-refractivity contribution in [2.45, 2.75) is 59.0 Å². The molecule has 1 aromatic rings. The molecule has 2 atom stereocenters. The van der Waals surface area contributed by atoms with Gasteiger partial charge >= 0.3 is 5.69 Å². The van der Waals surface area contributed by atoms with Gasteiger partial charge in [0.25, 0.3) is 0 Å². The van der Waals surface area contributed by atoms with Crippen molar-refractivity contribution in [1.29, 1.82) is 0 Å². The van der Waals surface area contributed by atoms with Crippen LogP contribution >= 0.6 is 0 Å². The van der Waals surface area contributed by atoms with Gasteiger partial charge in [-0.1, -0.05) is 13.3 Å². The second-order valence-corrected chi connectivity index (χ2v) is 5.62. The van der Waals surface area contributed by atoms with E-state index in [2.05, 4.69) is 17.2 Å². The van der Waals surface area contributed by atoms with Gasteiger partial charge in [-0.05, 0) is 51.6 Å². The summed E-state index contributed by atoms with van der Waals surface area (Å²) in [6.07, 6.45) is 4.94. The van der Waals surface area contributed by atoms with E-state index in [1.54, 1.807) is 0 Å². The molecule has 0 bridgehead atoms. The molecule has 0 aliphatic heterocycles. The average Bonchev–Trinajstić information content (AvgIpc) is 2.76. The van der Waals surface area contributed by atoms with E-state index < -0.39 is 0 Å². The van der Waals surface area contributed by atoms with Crippen LogP contribution in [0.1, 0.15) is 44.0 Å². The van der Waals surface area contributed by atoms with Crippen molar-refractivity contribution in [2.75, 3.05) is 6.54 Å². The van der Waals surface area contributed by atoms with E-state index in [1.807, 2.05) is 24.5 Å². The van der Waals surface area contributed by atoms with Gasteiger partial charge in [0, 0.05) is 24.0 Å². The summed E-state index contributed by atoms with van der Waals surface area (Å²) < 4.78 is 1.81. The molecule has 1 aliphatic rings. The smallest absolute Gasteiger partial charge is 0.314 e. The highest BCUT2D eigenvalue weighted by Gasteiger charge is 2.26. The fourth-order valence-electron chi connectivity index (χ4n) is 3.25.